The first-order valence-electron chi connectivity index (χ1n) is 14.7. The Morgan fingerprint density at radius 2 is 1.26 bits per heavy atom. The summed E-state index contributed by atoms with van der Waals surface area (Å²) in [6.07, 6.45) is 8.90. The van der Waals surface area contributed by atoms with Crippen molar-refractivity contribution in [3.8, 4) is 11.8 Å². The molecular formula is C34H40N4O4. The zero-order chi connectivity index (χ0) is 29.7. The normalized spacial score (nSPS) is 18.5. The van der Waals surface area contributed by atoms with Crippen LogP contribution in [0.2, 0.25) is 0 Å². The minimum absolute atomic E-state index is 0.0711. The molecule has 0 amide bonds. The van der Waals surface area contributed by atoms with Gasteiger partial charge in [-0.15, -0.1) is 0 Å². The minimum Gasteiger partial charge on any atom is -0.291 e. The number of hydrogen-bond acceptors (Lipinski definition) is 6. The smallest absolute Gasteiger partial charge is 0.224 e. The summed E-state index contributed by atoms with van der Waals surface area (Å²) in [5.41, 5.74) is 5.11. The van der Waals surface area contributed by atoms with Gasteiger partial charge in [-0.1, -0.05) is 91.2 Å². The van der Waals surface area contributed by atoms with E-state index < -0.39 is 0 Å². The summed E-state index contributed by atoms with van der Waals surface area (Å²) in [6, 6.07) is 21.2. The van der Waals surface area contributed by atoms with Gasteiger partial charge in [-0.25, -0.2) is 0 Å². The molecule has 0 aromatic heterocycles. The van der Waals surface area contributed by atoms with E-state index in [1.807, 2.05) is 48.6 Å². The van der Waals surface area contributed by atoms with Crippen molar-refractivity contribution < 1.29 is 9.85 Å². The van der Waals surface area contributed by atoms with Crippen LogP contribution in [0, 0.1) is 32.1 Å². The van der Waals surface area contributed by atoms with Crippen molar-refractivity contribution in [3.05, 3.63) is 127 Å². The maximum absolute atomic E-state index is 11.0. The average Bonchev–Trinajstić information content (AvgIpc) is 2.98. The molecule has 0 fully saturated rings. The monoisotopic (exact) mass is 568 g/mol. The number of nitro groups is 2. The summed E-state index contributed by atoms with van der Waals surface area (Å²) < 4.78 is 0. The molecule has 0 saturated carbocycles. The molecule has 42 heavy (non-hydrogen) atoms. The van der Waals surface area contributed by atoms with Gasteiger partial charge in [0.15, 0.2) is 0 Å². The Labute approximate surface area is 248 Å². The first-order valence-corrected chi connectivity index (χ1v) is 14.7. The lowest BCUT2D eigenvalue weighted by Crippen LogP contribution is -2.37. The highest BCUT2D eigenvalue weighted by Gasteiger charge is 2.24. The topological polar surface area (TPSA) is 92.8 Å². The van der Waals surface area contributed by atoms with Crippen molar-refractivity contribution in [2.75, 3.05) is 26.2 Å². The van der Waals surface area contributed by atoms with Crippen molar-refractivity contribution >= 4 is 0 Å². The first-order chi connectivity index (χ1) is 20.4. The molecule has 2 aromatic rings. The van der Waals surface area contributed by atoms with E-state index in [-0.39, 0.29) is 35.0 Å². The predicted octanol–water partition coefficient (Wildman–Crippen LogP) is 6.06. The van der Waals surface area contributed by atoms with E-state index in [0.29, 0.717) is 13.1 Å². The zero-order valence-electron chi connectivity index (χ0n) is 24.2. The lowest BCUT2D eigenvalue weighted by molar-refractivity contribution is -0.471. The van der Waals surface area contributed by atoms with Crippen LogP contribution in [0.3, 0.4) is 0 Å². The molecule has 2 atom stereocenters. The molecule has 2 aliphatic rings. The van der Waals surface area contributed by atoms with Gasteiger partial charge in [0.25, 0.3) is 0 Å². The van der Waals surface area contributed by atoms with Crippen LogP contribution < -0.4 is 0 Å². The molecule has 2 unspecified atom stereocenters. The Hall–Kier alpha value is -4.06. The number of nitrogens with zero attached hydrogens (tertiary/aromatic N) is 4. The Morgan fingerprint density at radius 1 is 0.786 bits per heavy atom. The summed E-state index contributed by atoms with van der Waals surface area (Å²) in [5, 5.41) is 21.9. The van der Waals surface area contributed by atoms with Crippen LogP contribution in [0.4, 0.5) is 0 Å². The molecule has 0 radical (unpaired) electrons. The summed E-state index contributed by atoms with van der Waals surface area (Å²) >= 11 is 0. The van der Waals surface area contributed by atoms with Crippen LogP contribution in [0.15, 0.2) is 96.1 Å². The van der Waals surface area contributed by atoms with Gasteiger partial charge in [0.1, 0.15) is 0 Å². The second kappa shape index (κ2) is 15.8. The third kappa shape index (κ3) is 10.1. The van der Waals surface area contributed by atoms with Gasteiger partial charge in [-0.2, -0.15) is 0 Å². The quantitative estimate of drug-likeness (QED) is 0.126. The molecule has 2 aliphatic carbocycles. The molecule has 8 nitrogen and oxygen atoms in total. The SMILES string of the molecule is C=C(C#CCN(Cc1ccccc1)C1CC=C(C[N+](=O)[O-])CC1)CN(Cc1ccccc1)C1CC=C(C[N+](=O)[O-])CC1. The minimum atomic E-state index is -0.249. The van der Waals surface area contributed by atoms with E-state index >= 15 is 0 Å². The van der Waals surface area contributed by atoms with Crippen molar-refractivity contribution in [3.63, 3.8) is 0 Å². The van der Waals surface area contributed by atoms with Gasteiger partial charge in [0.05, 0.1) is 6.54 Å². The Morgan fingerprint density at radius 3 is 1.71 bits per heavy atom. The van der Waals surface area contributed by atoms with Crippen LogP contribution in [-0.2, 0) is 13.1 Å². The van der Waals surface area contributed by atoms with Gasteiger partial charge < -0.3 is 0 Å². The van der Waals surface area contributed by atoms with Gasteiger partial charge in [0, 0.05) is 47.1 Å². The second-order valence-electron chi connectivity index (χ2n) is 11.2. The van der Waals surface area contributed by atoms with Gasteiger partial charge in [-0.05, 0) is 60.8 Å². The highest BCUT2D eigenvalue weighted by atomic mass is 16.6. The molecule has 4 rings (SSSR count). The lowest BCUT2D eigenvalue weighted by Gasteiger charge is -2.33. The van der Waals surface area contributed by atoms with Crippen molar-refractivity contribution in [1.82, 2.24) is 9.80 Å². The Kier molecular flexibility index (Phi) is 11.6. The summed E-state index contributed by atoms with van der Waals surface area (Å²) in [6.45, 7) is 6.93. The molecule has 0 aliphatic heterocycles. The summed E-state index contributed by atoms with van der Waals surface area (Å²) in [5.74, 6) is 6.71. The fraction of sp³-hybridized carbons (Fsp3) is 0.412. The molecule has 0 saturated heterocycles. The molecular weight excluding hydrogens is 528 g/mol. The molecule has 0 bridgehead atoms. The number of benzene rings is 2. The first kappa shape index (κ1) is 30.9. The van der Waals surface area contributed by atoms with E-state index in [4.69, 9.17) is 0 Å². The molecule has 2 aromatic carbocycles. The van der Waals surface area contributed by atoms with Gasteiger partial charge in [-0.3, -0.25) is 30.0 Å². The third-order valence-electron chi connectivity index (χ3n) is 8.05. The molecule has 8 heteroatoms. The van der Waals surface area contributed by atoms with Crippen molar-refractivity contribution in [1.29, 1.82) is 0 Å². The van der Waals surface area contributed by atoms with E-state index in [0.717, 1.165) is 68.3 Å². The number of rotatable bonds is 13. The highest BCUT2D eigenvalue weighted by molar-refractivity contribution is 5.29. The van der Waals surface area contributed by atoms with Crippen LogP contribution >= 0.6 is 0 Å². The highest BCUT2D eigenvalue weighted by Crippen LogP contribution is 2.26. The van der Waals surface area contributed by atoms with Gasteiger partial charge >= 0.3 is 0 Å². The fourth-order valence-electron chi connectivity index (χ4n) is 5.85. The second-order valence-corrected chi connectivity index (χ2v) is 11.2. The van der Waals surface area contributed by atoms with Crippen LogP contribution in [0.25, 0.3) is 0 Å². The Bertz CT molecular complexity index is 1340. The average molecular weight is 569 g/mol. The molecule has 0 spiro atoms. The summed E-state index contributed by atoms with van der Waals surface area (Å²) in [4.78, 5) is 26.2. The maximum atomic E-state index is 11.0. The van der Waals surface area contributed by atoms with E-state index in [2.05, 4.69) is 52.5 Å². The largest absolute Gasteiger partial charge is 0.291 e. The predicted molar refractivity (Wildman–Crippen MR) is 166 cm³/mol. The maximum Gasteiger partial charge on any atom is 0.224 e. The standard InChI is InChI=1S/C34H40N4O4/c1-28(23-36(25-30-12-6-3-7-13-30)34-20-16-32(17-21-34)27-38(41)42)9-8-22-35(24-29-10-4-2-5-11-29)33-18-14-31(15-19-33)26-37(39)40/h2-7,10-14,16,33-34H,1,15,17-27H2. The fourth-order valence-corrected chi connectivity index (χ4v) is 5.85. The molecule has 220 valence electrons. The van der Waals surface area contributed by atoms with Gasteiger partial charge in [0.2, 0.25) is 13.1 Å². The van der Waals surface area contributed by atoms with E-state index in [1.54, 1.807) is 0 Å². The molecule has 0 N–H and O–H groups in total. The lowest BCUT2D eigenvalue weighted by atomic mass is 9.93. The van der Waals surface area contributed by atoms with Crippen LogP contribution in [0.5, 0.6) is 0 Å². The van der Waals surface area contributed by atoms with Crippen molar-refractivity contribution in [2.45, 2.75) is 63.7 Å². The Balaban J connectivity index is 1.42. The summed E-state index contributed by atoms with van der Waals surface area (Å²) in [7, 11) is 0. The van der Waals surface area contributed by atoms with Crippen LogP contribution in [0.1, 0.15) is 49.7 Å². The van der Waals surface area contributed by atoms with E-state index in [9.17, 15) is 20.2 Å². The third-order valence-corrected chi connectivity index (χ3v) is 8.05. The molecule has 0 heterocycles. The van der Waals surface area contributed by atoms with Crippen LogP contribution in [-0.4, -0.2) is 57.9 Å². The number of hydrogen-bond donors (Lipinski definition) is 0. The van der Waals surface area contributed by atoms with Crippen molar-refractivity contribution in [2.24, 2.45) is 0 Å². The van der Waals surface area contributed by atoms with E-state index in [1.165, 1.54) is 11.1 Å². The zero-order valence-corrected chi connectivity index (χ0v) is 24.2.